The van der Waals surface area contributed by atoms with Crippen LogP contribution in [0.1, 0.15) is 20.7 Å². The van der Waals surface area contributed by atoms with Crippen LogP contribution in [0.3, 0.4) is 0 Å². The van der Waals surface area contributed by atoms with Gasteiger partial charge >= 0.3 is 0 Å². The molecule has 226 valence electrons. The van der Waals surface area contributed by atoms with Gasteiger partial charge in [-0.25, -0.2) is 14.9 Å². The molecule has 0 N–H and O–H groups in total. The van der Waals surface area contributed by atoms with Crippen LogP contribution < -0.4 is 4.90 Å². The number of hydrogen-bond acceptors (Lipinski definition) is 4. The van der Waals surface area contributed by atoms with Crippen LogP contribution in [0.4, 0.5) is 5.69 Å². The maximum Gasteiger partial charge on any atom is 0.268 e. The van der Waals surface area contributed by atoms with Crippen molar-refractivity contribution in [3.8, 4) is 39.1 Å². The Morgan fingerprint density at radius 1 is 0.438 bits per heavy atom. The molecule has 0 unspecified atom stereocenters. The normalized spacial score (nSPS) is 12.6. The average molecular weight is 619 g/mol. The average Bonchev–Trinajstić information content (AvgIpc) is 3.62. The Bertz CT molecular complexity index is 2540. The Kier molecular flexibility index (Phi) is 6.33. The molecule has 0 radical (unpaired) electrons. The maximum absolute atomic E-state index is 14.8. The number of fused-ring (bicyclic) bond motifs is 4. The minimum absolute atomic E-state index is 0.345. The topological polar surface area (TPSA) is 68.1 Å². The summed E-state index contributed by atoms with van der Waals surface area (Å²) < 4.78 is 2.10. The van der Waals surface area contributed by atoms with Crippen molar-refractivity contribution in [1.29, 1.82) is 0 Å². The van der Waals surface area contributed by atoms with E-state index in [-0.39, 0.29) is 11.8 Å². The highest BCUT2D eigenvalue weighted by Crippen LogP contribution is 2.42. The molecule has 9 rings (SSSR count). The Hall–Kier alpha value is -6.66. The van der Waals surface area contributed by atoms with Crippen LogP contribution in [0.25, 0.3) is 60.9 Å². The van der Waals surface area contributed by atoms with Crippen LogP contribution in [-0.4, -0.2) is 26.3 Å². The molecule has 0 fully saturated rings. The number of carbonyl (C=O) groups is 2. The largest absolute Gasteiger partial charge is 0.308 e. The van der Waals surface area contributed by atoms with Crippen molar-refractivity contribution in [2.45, 2.75) is 0 Å². The summed E-state index contributed by atoms with van der Waals surface area (Å²) in [6.45, 7) is 0. The van der Waals surface area contributed by atoms with Crippen LogP contribution in [0.15, 0.2) is 158 Å². The van der Waals surface area contributed by atoms with Crippen molar-refractivity contribution in [2.24, 2.45) is 0 Å². The van der Waals surface area contributed by atoms with Gasteiger partial charge in [-0.3, -0.25) is 9.59 Å². The van der Waals surface area contributed by atoms with Gasteiger partial charge in [0.15, 0.2) is 0 Å². The smallest absolute Gasteiger partial charge is 0.268 e. The number of anilines is 1. The van der Waals surface area contributed by atoms with Crippen molar-refractivity contribution in [3.63, 3.8) is 0 Å². The molecule has 0 bridgehead atoms. The van der Waals surface area contributed by atoms with Crippen LogP contribution in [0, 0.1) is 0 Å². The summed E-state index contributed by atoms with van der Waals surface area (Å²) in [4.78, 5) is 39.0. The monoisotopic (exact) mass is 618 g/mol. The molecular weight excluding hydrogens is 592 g/mol. The van der Waals surface area contributed by atoms with Crippen molar-refractivity contribution in [2.75, 3.05) is 4.90 Å². The fourth-order valence-corrected chi connectivity index (χ4v) is 6.92. The summed E-state index contributed by atoms with van der Waals surface area (Å²) in [6, 6.07) is 45.8. The van der Waals surface area contributed by atoms with E-state index in [4.69, 9.17) is 0 Å². The number of amides is 2. The fourth-order valence-electron chi connectivity index (χ4n) is 6.92. The summed E-state index contributed by atoms with van der Waals surface area (Å²) >= 11 is 0. The number of rotatable bonds is 5. The van der Waals surface area contributed by atoms with E-state index < -0.39 is 0 Å². The third kappa shape index (κ3) is 4.27. The molecule has 0 saturated carbocycles. The zero-order chi connectivity index (χ0) is 32.2. The van der Waals surface area contributed by atoms with E-state index in [1.807, 2.05) is 103 Å². The maximum atomic E-state index is 14.8. The van der Waals surface area contributed by atoms with Crippen LogP contribution in [0.5, 0.6) is 0 Å². The second-order valence-electron chi connectivity index (χ2n) is 11.8. The number of aromatic nitrogens is 3. The van der Waals surface area contributed by atoms with Crippen LogP contribution in [0.2, 0.25) is 0 Å². The van der Waals surface area contributed by atoms with Gasteiger partial charge in [0.05, 0.1) is 33.5 Å². The van der Waals surface area contributed by atoms with Gasteiger partial charge in [0, 0.05) is 34.3 Å². The van der Waals surface area contributed by atoms with Gasteiger partial charge in [-0.05, 0) is 52.6 Å². The first kappa shape index (κ1) is 27.6. The van der Waals surface area contributed by atoms with E-state index in [9.17, 15) is 9.59 Å². The van der Waals surface area contributed by atoms with Gasteiger partial charge in [-0.1, -0.05) is 109 Å². The van der Waals surface area contributed by atoms with Gasteiger partial charge in [-0.15, -0.1) is 0 Å². The molecule has 2 aromatic heterocycles. The predicted octanol–water partition coefficient (Wildman–Crippen LogP) is 9.38. The van der Waals surface area contributed by atoms with E-state index in [1.165, 1.54) is 11.2 Å². The first-order chi connectivity index (χ1) is 23.7. The van der Waals surface area contributed by atoms with Crippen molar-refractivity contribution in [1.82, 2.24) is 14.5 Å². The standard InChI is InChI=1S/C42H26N4O2/c47-41-35-15-9-17-37(45-36-16-8-7-14-33(36)34-21-19-30(23-39(34)45)31-24-43-26-44-25-31)40(35)42(48)46(41)38-22-29(27-10-3-1-4-11-27)18-20-32(38)28-12-5-2-6-13-28/h1-26H. The molecule has 48 heavy (non-hydrogen) atoms. The molecule has 3 heterocycles. The lowest BCUT2D eigenvalue weighted by Crippen LogP contribution is -2.30. The summed E-state index contributed by atoms with van der Waals surface area (Å²) in [5.74, 6) is -0.700. The van der Waals surface area contributed by atoms with Crippen LogP contribution >= 0.6 is 0 Å². The molecule has 1 aliphatic rings. The lowest BCUT2D eigenvalue weighted by atomic mass is 9.97. The Labute approximate surface area is 276 Å². The second kappa shape index (κ2) is 11.0. The summed E-state index contributed by atoms with van der Waals surface area (Å²) in [6.07, 6.45) is 5.09. The highest BCUT2D eigenvalue weighted by Gasteiger charge is 2.40. The zero-order valence-electron chi connectivity index (χ0n) is 25.6. The van der Waals surface area contributed by atoms with Crippen LogP contribution in [-0.2, 0) is 0 Å². The molecule has 2 amide bonds. The Balaban J connectivity index is 1.26. The Morgan fingerprint density at radius 3 is 1.90 bits per heavy atom. The zero-order valence-corrected chi connectivity index (χ0v) is 25.6. The summed E-state index contributed by atoms with van der Waals surface area (Å²) in [5, 5.41) is 2.09. The number of imide groups is 1. The van der Waals surface area contributed by atoms with Crippen molar-refractivity contribution >= 4 is 39.3 Å². The number of para-hydroxylation sites is 1. The first-order valence-corrected chi connectivity index (χ1v) is 15.7. The van der Waals surface area contributed by atoms with Gasteiger partial charge in [0.1, 0.15) is 6.33 Å². The number of hydrogen-bond donors (Lipinski definition) is 0. The predicted molar refractivity (Wildman–Crippen MR) is 190 cm³/mol. The highest BCUT2D eigenvalue weighted by molar-refractivity contribution is 6.36. The molecule has 6 aromatic carbocycles. The number of benzene rings is 6. The highest BCUT2D eigenvalue weighted by atomic mass is 16.2. The lowest BCUT2D eigenvalue weighted by molar-refractivity contribution is 0.0926. The molecule has 0 saturated heterocycles. The summed E-state index contributed by atoms with van der Waals surface area (Å²) in [5.41, 5.74) is 9.30. The molecule has 8 aromatic rings. The van der Waals surface area contributed by atoms with E-state index in [2.05, 4.69) is 44.9 Å². The van der Waals surface area contributed by atoms with Gasteiger partial charge in [-0.2, -0.15) is 0 Å². The van der Waals surface area contributed by atoms with Gasteiger partial charge in [0.2, 0.25) is 0 Å². The molecule has 0 aliphatic carbocycles. The molecule has 0 spiro atoms. The third-order valence-corrected chi connectivity index (χ3v) is 9.13. The molecule has 1 aliphatic heterocycles. The SMILES string of the molecule is O=C1c2cccc(-n3c4ccccc4c4ccc(-c5cncnc5)cc43)c2C(=O)N1c1cc(-c2ccccc2)ccc1-c1ccccc1. The fraction of sp³-hybridized carbons (Fsp3) is 0. The quantitative estimate of drug-likeness (QED) is 0.180. The number of carbonyl (C=O) groups excluding carboxylic acids is 2. The van der Waals surface area contributed by atoms with E-state index in [1.54, 1.807) is 18.5 Å². The van der Waals surface area contributed by atoms with E-state index >= 15 is 0 Å². The van der Waals surface area contributed by atoms with E-state index in [0.717, 1.165) is 55.2 Å². The molecule has 0 atom stereocenters. The van der Waals surface area contributed by atoms with Crippen molar-refractivity contribution < 1.29 is 9.59 Å². The summed E-state index contributed by atoms with van der Waals surface area (Å²) in [7, 11) is 0. The van der Waals surface area contributed by atoms with Gasteiger partial charge < -0.3 is 4.57 Å². The minimum atomic E-state index is -0.355. The minimum Gasteiger partial charge on any atom is -0.308 e. The first-order valence-electron chi connectivity index (χ1n) is 15.7. The molecular formula is C42H26N4O2. The molecule has 6 heteroatoms. The lowest BCUT2D eigenvalue weighted by Gasteiger charge is -2.20. The van der Waals surface area contributed by atoms with Gasteiger partial charge in [0.25, 0.3) is 11.8 Å². The van der Waals surface area contributed by atoms with Crippen molar-refractivity contribution in [3.05, 3.63) is 169 Å². The third-order valence-electron chi connectivity index (χ3n) is 9.13. The second-order valence-corrected chi connectivity index (χ2v) is 11.8. The Morgan fingerprint density at radius 2 is 1.10 bits per heavy atom. The number of nitrogens with zero attached hydrogens (tertiary/aromatic N) is 4. The van der Waals surface area contributed by atoms with E-state index in [0.29, 0.717) is 22.5 Å². The molecule has 6 nitrogen and oxygen atoms in total.